The first-order chi connectivity index (χ1) is 15.1. The summed E-state index contributed by atoms with van der Waals surface area (Å²) in [7, 11) is 0. The molecular formula is C21H29N9O. The molecule has 4 rings (SSSR count). The summed E-state index contributed by atoms with van der Waals surface area (Å²) < 4.78 is 2.04. The van der Waals surface area contributed by atoms with Gasteiger partial charge in [0.1, 0.15) is 18.0 Å². The minimum absolute atomic E-state index is 0.00232. The molecule has 2 amide bonds. The zero-order valence-electron chi connectivity index (χ0n) is 18.3. The Labute approximate surface area is 181 Å². The molecule has 0 spiro atoms. The Morgan fingerprint density at radius 2 is 2.00 bits per heavy atom. The lowest BCUT2D eigenvalue weighted by Gasteiger charge is -2.18. The first-order valence-electron chi connectivity index (χ1n) is 10.9. The molecule has 0 saturated carbocycles. The number of amides is 2. The van der Waals surface area contributed by atoms with Crippen molar-refractivity contribution in [3.8, 4) is 11.4 Å². The van der Waals surface area contributed by atoms with Crippen LogP contribution >= 0.6 is 0 Å². The van der Waals surface area contributed by atoms with Crippen LogP contribution in [0.2, 0.25) is 0 Å². The van der Waals surface area contributed by atoms with Crippen molar-refractivity contribution in [2.75, 3.05) is 25.0 Å². The molecule has 0 radical (unpaired) electrons. The summed E-state index contributed by atoms with van der Waals surface area (Å²) in [5.41, 5.74) is 2.32. The van der Waals surface area contributed by atoms with E-state index in [2.05, 4.69) is 44.4 Å². The second-order valence-corrected chi connectivity index (χ2v) is 7.75. The normalized spacial score (nSPS) is 16.1. The van der Waals surface area contributed by atoms with Gasteiger partial charge in [0, 0.05) is 44.6 Å². The Hall–Kier alpha value is -3.30. The number of aromatic nitrogens is 6. The minimum Gasteiger partial charge on any atom is -0.364 e. The molecule has 0 aromatic carbocycles. The van der Waals surface area contributed by atoms with E-state index in [9.17, 15) is 4.79 Å². The zero-order chi connectivity index (χ0) is 21.8. The summed E-state index contributed by atoms with van der Waals surface area (Å²) >= 11 is 0. The second kappa shape index (κ2) is 9.23. The summed E-state index contributed by atoms with van der Waals surface area (Å²) in [5.74, 6) is 2.17. The molecule has 31 heavy (non-hydrogen) atoms. The lowest BCUT2D eigenvalue weighted by atomic mass is 10.2. The van der Waals surface area contributed by atoms with E-state index < -0.39 is 0 Å². The minimum atomic E-state index is 0.00232. The number of nitrogens with one attached hydrogen (secondary N) is 2. The van der Waals surface area contributed by atoms with Crippen LogP contribution in [-0.4, -0.2) is 66.1 Å². The molecule has 164 valence electrons. The van der Waals surface area contributed by atoms with Gasteiger partial charge in [0.25, 0.3) is 0 Å². The number of fused-ring (bicyclic) bond motifs is 1. The SMILES string of the molecule is CCCCNC(=O)N1CCC(Nc2ncnc3c2nc(-c2cnc(C)nc2)n3CC)C1. The summed E-state index contributed by atoms with van der Waals surface area (Å²) in [6.45, 7) is 8.81. The van der Waals surface area contributed by atoms with Crippen LogP contribution in [0.3, 0.4) is 0 Å². The van der Waals surface area contributed by atoms with Gasteiger partial charge in [0.15, 0.2) is 17.0 Å². The molecule has 0 bridgehead atoms. The number of likely N-dealkylation sites (tertiary alicyclic amines) is 1. The average molecular weight is 424 g/mol. The highest BCUT2D eigenvalue weighted by Crippen LogP contribution is 2.27. The monoisotopic (exact) mass is 423 g/mol. The molecule has 1 unspecified atom stereocenters. The van der Waals surface area contributed by atoms with Crippen LogP contribution in [0.25, 0.3) is 22.6 Å². The number of hydrogen-bond acceptors (Lipinski definition) is 7. The van der Waals surface area contributed by atoms with E-state index in [1.165, 1.54) is 0 Å². The topological polar surface area (TPSA) is 114 Å². The van der Waals surface area contributed by atoms with Crippen LogP contribution in [0.1, 0.15) is 38.9 Å². The molecule has 10 nitrogen and oxygen atoms in total. The highest BCUT2D eigenvalue weighted by molar-refractivity contribution is 5.86. The summed E-state index contributed by atoms with van der Waals surface area (Å²) in [5, 5.41) is 6.47. The van der Waals surface area contributed by atoms with Crippen LogP contribution in [0.15, 0.2) is 18.7 Å². The molecule has 3 aromatic rings. The van der Waals surface area contributed by atoms with Gasteiger partial charge in [-0.3, -0.25) is 0 Å². The third-order valence-corrected chi connectivity index (χ3v) is 5.51. The van der Waals surface area contributed by atoms with Crippen LogP contribution in [0.4, 0.5) is 10.6 Å². The van der Waals surface area contributed by atoms with Crippen molar-refractivity contribution in [2.24, 2.45) is 0 Å². The molecule has 1 atom stereocenters. The quantitative estimate of drug-likeness (QED) is 0.562. The third kappa shape index (κ3) is 4.42. The van der Waals surface area contributed by atoms with Crippen molar-refractivity contribution >= 4 is 23.0 Å². The van der Waals surface area contributed by atoms with E-state index in [1.807, 2.05) is 16.4 Å². The van der Waals surface area contributed by atoms with E-state index in [0.717, 1.165) is 55.2 Å². The lowest BCUT2D eigenvalue weighted by Crippen LogP contribution is -2.40. The third-order valence-electron chi connectivity index (χ3n) is 5.51. The Bertz CT molecular complexity index is 1050. The largest absolute Gasteiger partial charge is 0.364 e. The molecule has 2 N–H and O–H groups in total. The Morgan fingerprint density at radius 3 is 2.74 bits per heavy atom. The molecule has 4 heterocycles. The number of unbranched alkanes of at least 4 members (excludes halogenated alkanes) is 1. The molecule has 10 heteroatoms. The maximum atomic E-state index is 12.3. The average Bonchev–Trinajstić information content (AvgIpc) is 3.39. The predicted octanol–water partition coefficient (Wildman–Crippen LogP) is 2.61. The Balaban J connectivity index is 1.54. The van der Waals surface area contributed by atoms with Crippen LogP contribution in [-0.2, 0) is 6.54 Å². The molecule has 3 aromatic heterocycles. The number of aryl methyl sites for hydroxylation is 2. The van der Waals surface area contributed by atoms with Gasteiger partial charge in [-0.1, -0.05) is 13.3 Å². The summed E-state index contributed by atoms with van der Waals surface area (Å²) in [6.07, 6.45) is 8.03. The fourth-order valence-corrected chi connectivity index (χ4v) is 3.81. The number of anilines is 1. The molecule has 1 saturated heterocycles. The maximum absolute atomic E-state index is 12.3. The smallest absolute Gasteiger partial charge is 0.317 e. The van der Waals surface area contributed by atoms with E-state index in [-0.39, 0.29) is 12.1 Å². The van der Waals surface area contributed by atoms with Gasteiger partial charge in [0.05, 0.1) is 5.56 Å². The molecule has 1 aliphatic rings. The van der Waals surface area contributed by atoms with E-state index in [0.29, 0.717) is 24.4 Å². The second-order valence-electron chi connectivity index (χ2n) is 7.75. The van der Waals surface area contributed by atoms with Crippen LogP contribution in [0, 0.1) is 6.92 Å². The molecule has 0 aliphatic carbocycles. The van der Waals surface area contributed by atoms with Gasteiger partial charge < -0.3 is 20.1 Å². The number of nitrogens with zero attached hydrogens (tertiary/aromatic N) is 7. The van der Waals surface area contributed by atoms with Crippen molar-refractivity contribution in [2.45, 2.75) is 52.6 Å². The van der Waals surface area contributed by atoms with Crippen LogP contribution in [0.5, 0.6) is 0 Å². The summed E-state index contributed by atoms with van der Waals surface area (Å²) in [4.78, 5) is 36.5. The van der Waals surface area contributed by atoms with E-state index >= 15 is 0 Å². The van der Waals surface area contributed by atoms with Crippen molar-refractivity contribution in [1.82, 2.24) is 39.7 Å². The van der Waals surface area contributed by atoms with Gasteiger partial charge in [-0.25, -0.2) is 29.7 Å². The Kier molecular flexibility index (Phi) is 6.24. The van der Waals surface area contributed by atoms with Gasteiger partial charge in [0.2, 0.25) is 0 Å². The number of hydrogen-bond donors (Lipinski definition) is 2. The van der Waals surface area contributed by atoms with Crippen LogP contribution < -0.4 is 10.6 Å². The van der Waals surface area contributed by atoms with Gasteiger partial charge in [-0.05, 0) is 26.7 Å². The summed E-state index contributed by atoms with van der Waals surface area (Å²) in [6, 6.07) is 0.121. The number of urea groups is 1. The number of rotatable bonds is 7. The highest BCUT2D eigenvalue weighted by atomic mass is 16.2. The standard InChI is InChI=1S/C21H29N9O/c1-4-6-8-22-21(31)29-9-7-16(12-29)27-18-17-20(26-13-25-18)30(5-2)19(28-17)15-10-23-14(3)24-11-15/h10-11,13,16H,4-9,12H2,1-3H3,(H,22,31)(H,25,26,27). The molecule has 1 fully saturated rings. The van der Waals surface area contributed by atoms with Crippen molar-refractivity contribution in [3.05, 3.63) is 24.5 Å². The maximum Gasteiger partial charge on any atom is 0.317 e. The first-order valence-corrected chi connectivity index (χ1v) is 10.9. The first kappa shape index (κ1) is 21.0. The van der Waals surface area contributed by atoms with Gasteiger partial charge in [-0.2, -0.15) is 0 Å². The molecular weight excluding hydrogens is 394 g/mol. The van der Waals surface area contributed by atoms with Gasteiger partial charge >= 0.3 is 6.03 Å². The van der Waals surface area contributed by atoms with Crippen molar-refractivity contribution < 1.29 is 4.79 Å². The van der Waals surface area contributed by atoms with Crippen molar-refractivity contribution in [3.63, 3.8) is 0 Å². The fraction of sp³-hybridized carbons (Fsp3) is 0.524. The Morgan fingerprint density at radius 1 is 1.19 bits per heavy atom. The van der Waals surface area contributed by atoms with E-state index in [1.54, 1.807) is 18.7 Å². The zero-order valence-corrected chi connectivity index (χ0v) is 18.3. The lowest BCUT2D eigenvalue weighted by molar-refractivity contribution is 0.208. The number of carbonyl (C=O) groups excluding carboxylic acids is 1. The van der Waals surface area contributed by atoms with E-state index in [4.69, 9.17) is 4.98 Å². The van der Waals surface area contributed by atoms with Gasteiger partial charge in [-0.15, -0.1) is 0 Å². The predicted molar refractivity (Wildman–Crippen MR) is 119 cm³/mol. The fourth-order valence-electron chi connectivity index (χ4n) is 3.81. The van der Waals surface area contributed by atoms with Crippen molar-refractivity contribution in [1.29, 1.82) is 0 Å². The number of imidazole rings is 1. The highest BCUT2D eigenvalue weighted by Gasteiger charge is 2.27. The molecule has 1 aliphatic heterocycles. The number of carbonyl (C=O) groups is 1.